The Morgan fingerprint density at radius 2 is 1.92 bits per heavy atom. The van der Waals surface area contributed by atoms with E-state index in [1.54, 1.807) is 17.6 Å². The van der Waals surface area contributed by atoms with E-state index in [1.807, 2.05) is 42.2 Å². The van der Waals surface area contributed by atoms with Crippen molar-refractivity contribution >= 4 is 26.8 Å². The maximum atomic E-state index is 12.9. The van der Waals surface area contributed by atoms with Gasteiger partial charge in [-0.2, -0.15) is 0 Å². The molecule has 1 amide bonds. The van der Waals surface area contributed by atoms with Crippen LogP contribution in [-0.4, -0.2) is 68.2 Å². The number of sulfonamides is 1. The Balaban J connectivity index is 1.40. The molecular formula is C26H33N5O5S. The van der Waals surface area contributed by atoms with Gasteiger partial charge < -0.3 is 10.1 Å². The lowest BCUT2D eigenvalue weighted by Crippen LogP contribution is -2.54. The summed E-state index contributed by atoms with van der Waals surface area (Å²) in [5, 5.41) is 13.5. The van der Waals surface area contributed by atoms with Crippen LogP contribution in [0.5, 0.6) is 5.75 Å². The van der Waals surface area contributed by atoms with Gasteiger partial charge in [0.05, 0.1) is 10.4 Å². The number of amides is 1. The number of ether oxygens (including phenoxy) is 1. The number of aromatic nitrogens is 1. The second kappa shape index (κ2) is 12.4. The molecule has 1 unspecified atom stereocenters. The fourth-order valence-corrected chi connectivity index (χ4v) is 5.50. The van der Waals surface area contributed by atoms with Gasteiger partial charge in [-0.25, -0.2) is 18.6 Å². The Labute approximate surface area is 217 Å². The Hall–Kier alpha value is -3.09. The summed E-state index contributed by atoms with van der Waals surface area (Å²) in [6.07, 6.45) is 1.83. The van der Waals surface area contributed by atoms with Crippen molar-refractivity contribution in [3.63, 3.8) is 0 Å². The van der Waals surface area contributed by atoms with Crippen LogP contribution in [0.1, 0.15) is 24.1 Å². The molecule has 0 bridgehead atoms. The minimum absolute atomic E-state index is 0.0579. The van der Waals surface area contributed by atoms with Crippen LogP contribution >= 0.6 is 0 Å². The van der Waals surface area contributed by atoms with Gasteiger partial charge in [0.25, 0.3) is 5.91 Å². The lowest BCUT2D eigenvalue weighted by atomic mass is 10.1. The van der Waals surface area contributed by atoms with Crippen molar-refractivity contribution in [2.45, 2.75) is 37.3 Å². The maximum Gasteiger partial charge on any atom is 0.262 e. The molecule has 1 atom stereocenters. The Bertz CT molecular complexity index is 1310. The summed E-state index contributed by atoms with van der Waals surface area (Å²) in [4.78, 5) is 18.8. The Morgan fingerprint density at radius 1 is 1.14 bits per heavy atom. The number of rotatable bonds is 9. The molecule has 0 saturated carbocycles. The summed E-state index contributed by atoms with van der Waals surface area (Å²) in [5.74, 6) is -0.117. The van der Waals surface area contributed by atoms with Gasteiger partial charge in [0, 0.05) is 36.3 Å². The second-order valence-corrected chi connectivity index (χ2v) is 10.8. The van der Waals surface area contributed by atoms with Crippen molar-refractivity contribution in [2.75, 3.05) is 32.7 Å². The summed E-state index contributed by atoms with van der Waals surface area (Å²) in [6.45, 7) is 4.88. The molecule has 4 rings (SSSR count). The molecule has 1 aliphatic rings. The summed E-state index contributed by atoms with van der Waals surface area (Å²) in [5.41, 5.74) is 4.45. The van der Waals surface area contributed by atoms with Gasteiger partial charge in [0.1, 0.15) is 18.4 Å². The van der Waals surface area contributed by atoms with Crippen LogP contribution in [0.4, 0.5) is 0 Å². The molecule has 1 fully saturated rings. The van der Waals surface area contributed by atoms with Crippen molar-refractivity contribution in [1.29, 1.82) is 0 Å². The van der Waals surface area contributed by atoms with Crippen LogP contribution in [0.15, 0.2) is 59.5 Å². The minimum atomic E-state index is -3.89. The van der Waals surface area contributed by atoms with Crippen molar-refractivity contribution in [2.24, 2.45) is 0 Å². The maximum absolute atomic E-state index is 12.9. The average Bonchev–Trinajstić information content (AvgIpc) is 2.88. The zero-order chi connectivity index (χ0) is 26.3. The molecule has 1 aliphatic heterocycles. The van der Waals surface area contributed by atoms with E-state index < -0.39 is 22.0 Å². The van der Waals surface area contributed by atoms with Gasteiger partial charge in [-0.1, -0.05) is 18.2 Å². The van der Waals surface area contributed by atoms with Crippen LogP contribution in [0.3, 0.4) is 0 Å². The number of hydrogen-bond acceptors (Lipinski definition) is 8. The monoisotopic (exact) mass is 527 g/mol. The van der Waals surface area contributed by atoms with Crippen molar-refractivity contribution < 1.29 is 23.2 Å². The van der Waals surface area contributed by atoms with Crippen molar-refractivity contribution in [3.05, 3.63) is 65.9 Å². The van der Waals surface area contributed by atoms with Gasteiger partial charge in [-0.15, -0.1) is 0 Å². The fraction of sp³-hybridized carbons (Fsp3) is 0.385. The first kappa shape index (κ1) is 27.0. The molecule has 198 valence electrons. The van der Waals surface area contributed by atoms with E-state index in [0.717, 1.165) is 41.5 Å². The van der Waals surface area contributed by atoms with E-state index in [4.69, 9.17) is 4.74 Å². The highest BCUT2D eigenvalue weighted by molar-refractivity contribution is 7.89. The van der Waals surface area contributed by atoms with Gasteiger partial charge >= 0.3 is 0 Å². The molecule has 1 aromatic heterocycles. The first-order valence-electron chi connectivity index (χ1n) is 12.3. The number of nitrogens with zero attached hydrogens (tertiary/aromatic N) is 2. The molecule has 0 aliphatic carbocycles. The van der Waals surface area contributed by atoms with Crippen LogP contribution in [-0.2, 0) is 21.4 Å². The van der Waals surface area contributed by atoms with Gasteiger partial charge in [-0.3, -0.25) is 19.9 Å². The van der Waals surface area contributed by atoms with Crippen LogP contribution in [0.2, 0.25) is 0 Å². The van der Waals surface area contributed by atoms with Crippen LogP contribution in [0.25, 0.3) is 10.9 Å². The third-order valence-electron chi connectivity index (χ3n) is 6.40. The van der Waals surface area contributed by atoms with Gasteiger partial charge in [-0.05, 0) is 69.3 Å². The molecule has 0 radical (unpaired) electrons. The molecule has 2 heterocycles. The Morgan fingerprint density at radius 3 is 2.70 bits per heavy atom. The van der Waals surface area contributed by atoms with E-state index in [0.29, 0.717) is 32.0 Å². The topological polar surface area (TPSA) is 133 Å². The summed E-state index contributed by atoms with van der Waals surface area (Å²) >= 11 is 0. The van der Waals surface area contributed by atoms with Crippen molar-refractivity contribution in [3.8, 4) is 5.75 Å². The zero-order valence-corrected chi connectivity index (χ0v) is 21.6. The Kier molecular flexibility index (Phi) is 9.06. The molecule has 0 spiro atoms. The van der Waals surface area contributed by atoms with Gasteiger partial charge in [0.15, 0.2) is 0 Å². The van der Waals surface area contributed by atoms with E-state index in [-0.39, 0.29) is 11.4 Å². The number of fused-ring (bicyclic) bond motifs is 1. The molecule has 11 heteroatoms. The number of nitrogens with one attached hydrogen (secondary N) is 3. The average molecular weight is 528 g/mol. The second-order valence-electron chi connectivity index (χ2n) is 9.04. The van der Waals surface area contributed by atoms with Gasteiger partial charge in [0.2, 0.25) is 10.0 Å². The number of carbonyl (C=O) groups is 1. The number of hydroxylamine groups is 1. The lowest BCUT2D eigenvalue weighted by Gasteiger charge is -2.31. The summed E-state index contributed by atoms with van der Waals surface area (Å²) in [6, 6.07) is 15.1. The molecular weight excluding hydrogens is 494 g/mol. The highest BCUT2D eigenvalue weighted by atomic mass is 32.2. The first-order chi connectivity index (χ1) is 17.9. The van der Waals surface area contributed by atoms with E-state index in [9.17, 15) is 18.4 Å². The number of carbonyl (C=O) groups excluding carboxylic acids is 1. The number of pyridine rings is 1. The van der Waals surface area contributed by atoms with Crippen LogP contribution in [0, 0.1) is 6.92 Å². The number of hydrogen-bond donors (Lipinski definition) is 4. The lowest BCUT2D eigenvalue weighted by molar-refractivity contribution is -0.134. The largest absolute Gasteiger partial charge is 0.489 e. The smallest absolute Gasteiger partial charge is 0.262 e. The SMILES string of the molecule is Cc1cc(COc2ccc(S(=O)(=O)NCC(C(=O)NO)N3CCCCNCC3)cc2)c2ccccc2n1. The minimum Gasteiger partial charge on any atom is -0.489 e. The summed E-state index contributed by atoms with van der Waals surface area (Å²) in [7, 11) is -3.89. The highest BCUT2D eigenvalue weighted by Gasteiger charge is 2.28. The third kappa shape index (κ3) is 7.02. The standard InChI is InChI=1S/C26H33N5O5S/c1-19-16-20(23-6-2-3-7-24(23)29-19)18-36-21-8-10-22(11-9-21)37(34,35)28-17-25(26(32)30-33)31-14-5-4-12-27-13-15-31/h2-3,6-11,16,25,27-28,33H,4-5,12-15,17-18H2,1H3,(H,30,32). The molecule has 37 heavy (non-hydrogen) atoms. The normalized spacial score (nSPS) is 16.1. The van der Waals surface area contributed by atoms with E-state index in [1.165, 1.54) is 12.1 Å². The molecule has 3 aromatic rings. The highest BCUT2D eigenvalue weighted by Crippen LogP contribution is 2.22. The zero-order valence-electron chi connectivity index (χ0n) is 20.8. The predicted octanol–water partition coefficient (Wildman–Crippen LogP) is 1.96. The predicted molar refractivity (Wildman–Crippen MR) is 140 cm³/mol. The van der Waals surface area contributed by atoms with Crippen molar-refractivity contribution in [1.82, 2.24) is 25.4 Å². The number of para-hydroxylation sites is 1. The van der Waals surface area contributed by atoms with E-state index >= 15 is 0 Å². The molecule has 10 nitrogen and oxygen atoms in total. The first-order valence-corrected chi connectivity index (χ1v) is 13.8. The number of aryl methyl sites for hydroxylation is 1. The molecule has 2 aromatic carbocycles. The fourth-order valence-electron chi connectivity index (χ4n) is 4.46. The van der Waals surface area contributed by atoms with Crippen LogP contribution < -0.4 is 20.3 Å². The quantitative estimate of drug-likeness (QED) is 0.245. The number of benzene rings is 2. The summed E-state index contributed by atoms with van der Waals surface area (Å²) < 4.78 is 34.3. The molecule has 4 N–H and O–H groups in total. The van der Waals surface area contributed by atoms with E-state index in [2.05, 4.69) is 15.0 Å². The third-order valence-corrected chi connectivity index (χ3v) is 7.84. The molecule has 1 saturated heterocycles.